The van der Waals surface area contributed by atoms with Crippen LogP contribution < -0.4 is 0 Å². The van der Waals surface area contributed by atoms with Gasteiger partial charge in [0.15, 0.2) is 5.78 Å². The van der Waals surface area contributed by atoms with Crippen molar-refractivity contribution in [1.29, 1.82) is 0 Å². The highest BCUT2D eigenvalue weighted by Crippen LogP contribution is 2.40. The maximum atomic E-state index is 12.0. The van der Waals surface area contributed by atoms with Crippen LogP contribution >= 0.6 is 0 Å². The summed E-state index contributed by atoms with van der Waals surface area (Å²) in [6.45, 7) is 8.24. The molecule has 1 rings (SSSR count). The zero-order chi connectivity index (χ0) is 11.5. The van der Waals surface area contributed by atoms with E-state index in [9.17, 15) is 4.79 Å². The Labute approximate surface area is 92.6 Å². The van der Waals surface area contributed by atoms with E-state index in [4.69, 9.17) is 0 Å². The van der Waals surface area contributed by atoms with E-state index in [2.05, 4.69) is 26.0 Å². The fraction of sp³-hybridized carbons (Fsp3) is 0.500. The number of carbonyl (C=O) groups excluding carboxylic acids is 1. The van der Waals surface area contributed by atoms with Crippen LogP contribution in [0.25, 0.3) is 0 Å². The molecule has 82 valence electrons. The summed E-state index contributed by atoms with van der Waals surface area (Å²) in [5.74, 6) is 0.170. The first-order chi connectivity index (χ1) is 7.05. The Morgan fingerprint density at radius 1 is 1.60 bits per heavy atom. The lowest BCUT2D eigenvalue weighted by Gasteiger charge is -2.32. The summed E-state index contributed by atoms with van der Waals surface area (Å²) in [5.41, 5.74) is 2.13. The average Bonchev–Trinajstić information content (AvgIpc) is 2.18. The van der Waals surface area contributed by atoms with E-state index in [1.165, 1.54) is 0 Å². The molecule has 1 aliphatic carbocycles. The molecule has 0 saturated heterocycles. The van der Waals surface area contributed by atoms with E-state index in [1.54, 1.807) is 6.08 Å². The summed E-state index contributed by atoms with van der Waals surface area (Å²) in [6, 6.07) is 0. The molecule has 0 saturated carbocycles. The van der Waals surface area contributed by atoms with Gasteiger partial charge in [0.2, 0.25) is 0 Å². The van der Waals surface area contributed by atoms with E-state index >= 15 is 0 Å². The quantitative estimate of drug-likeness (QED) is 0.639. The number of allylic oxidation sites excluding steroid dienone is 6. The molecular weight excluding hydrogens is 184 g/mol. The van der Waals surface area contributed by atoms with Gasteiger partial charge in [-0.25, -0.2) is 0 Å². The molecule has 1 unspecified atom stereocenters. The molecule has 0 spiro atoms. The second-order valence-corrected chi connectivity index (χ2v) is 4.44. The standard InChI is InChI=1S/C14H20O/c1-5-8-12(15)13-11(3)9-7-10-14(13,4)6-2/h5,7-9H,6,10H2,1-4H3. The van der Waals surface area contributed by atoms with Crippen LogP contribution in [0.4, 0.5) is 0 Å². The van der Waals surface area contributed by atoms with Gasteiger partial charge in [-0.3, -0.25) is 4.79 Å². The molecule has 1 aliphatic rings. The smallest absolute Gasteiger partial charge is 0.182 e. The molecule has 1 heteroatoms. The van der Waals surface area contributed by atoms with E-state index in [0.717, 1.165) is 24.0 Å². The topological polar surface area (TPSA) is 17.1 Å². The molecule has 0 aromatic carbocycles. The van der Waals surface area contributed by atoms with Gasteiger partial charge in [-0.2, -0.15) is 0 Å². The molecular formula is C14H20O. The summed E-state index contributed by atoms with van der Waals surface area (Å²) in [7, 11) is 0. The zero-order valence-corrected chi connectivity index (χ0v) is 10.1. The van der Waals surface area contributed by atoms with Gasteiger partial charge in [0.05, 0.1) is 0 Å². The van der Waals surface area contributed by atoms with Crippen LogP contribution in [0.2, 0.25) is 0 Å². The molecule has 0 aromatic heterocycles. The summed E-state index contributed by atoms with van der Waals surface area (Å²) >= 11 is 0. The van der Waals surface area contributed by atoms with Crippen molar-refractivity contribution in [3.05, 3.63) is 35.5 Å². The highest BCUT2D eigenvalue weighted by molar-refractivity contribution is 6.05. The second kappa shape index (κ2) is 4.61. The maximum Gasteiger partial charge on any atom is 0.182 e. The highest BCUT2D eigenvalue weighted by atomic mass is 16.1. The van der Waals surface area contributed by atoms with Gasteiger partial charge < -0.3 is 0 Å². The predicted octanol–water partition coefficient (Wildman–Crippen LogP) is 3.82. The third kappa shape index (κ3) is 2.28. The second-order valence-electron chi connectivity index (χ2n) is 4.44. The number of hydrogen-bond acceptors (Lipinski definition) is 1. The third-order valence-corrected chi connectivity index (χ3v) is 3.28. The molecule has 0 bridgehead atoms. The molecule has 0 aliphatic heterocycles. The largest absolute Gasteiger partial charge is 0.290 e. The summed E-state index contributed by atoms with van der Waals surface area (Å²) in [4.78, 5) is 12.0. The first-order valence-corrected chi connectivity index (χ1v) is 5.60. The van der Waals surface area contributed by atoms with E-state index < -0.39 is 0 Å². The fourth-order valence-corrected chi connectivity index (χ4v) is 2.20. The molecule has 1 atom stereocenters. The lowest BCUT2D eigenvalue weighted by Crippen LogP contribution is -2.25. The van der Waals surface area contributed by atoms with Gasteiger partial charge in [0.25, 0.3) is 0 Å². The highest BCUT2D eigenvalue weighted by Gasteiger charge is 2.32. The van der Waals surface area contributed by atoms with Crippen LogP contribution in [0.1, 0.15) is 40.5 Å². The van der Waals surface area contributed by atoms with Gasteiger partial charge in [-0.05, 0) is 43.8 Å². The Morgan fingerprint density at radius 3 is 2.80 bits per heavy atom. The summed E-state index contributed by atoms with van der Waals surface area (Å²) in [6.07, 6.45) is 9.70. The van der Waals surface area contributed by atoms with Crippen LogP contribution in [-0.4, -0.2) is 5.78 Å². The summed E-state index contributed by atoms with van der Waals surface area (Å²) in [5, 5.41) is 0. The van der Waals surface area contributed by atoms with Crippen LogP contribution in [-0.2, 0) is 4.79 Å². The number of hydrogen-bond donors (Lipinski definition) is 0. The van der Waals surface area contributed by atoms with Gasteiger partial charge >= 0.3 is 0 Å². The molecule has 0 fully saturated rings. The fourth-order valence-electron chi connectivity index (χ4n) is 2.20. The van der Waals surface area contributed by atoms with Crippen molar-refractivity contribution in [3.8, 4) is 0 Å². The Bertz CT molecular complexity index is 344. The zero-order valence-electron chi connectivity index (χ0n) is 10.1. The van der Waals surface area contributed by atoms with Gasteiger partial charge in [0.1, 0.15) is 0 Å². The van der Waals surface area contributed by atoms with Crippen LogP contribution in [0.5, 0.6) is 0 Å². The lowest BCUT2D eigenvalue weighted by molar-refractivity contribution is -0.112. The first-order valence-electron chi connectivity index (χ1n) is 5.60. The average molecular weight is 204 g/mol. The van der Waals surface area contributed by atoms with Crippen LogP contribution in [0, 0.1) is 5.41 Å². The van der Waals surface area contributed by atoms with Crippen molar-refractivity contribution in [2.45, 2.75) is 40.5 Å². The van der Waals surface area contributed by atoms with Crippen molar-refractivity contribution >= 4 is 5.78 Å². The van der Waals surface area contributed by atoms with Gasteiger partial charge in [-0.1, -0.05) is 32.1 Å². The van der Waals surface area contributed by atoms with Crippen molar-refractivity contribution in [3.63, 3.8) is 0 Å². The van der Waals surface area contributed by atoms with Crippen LogP contribution in [0.3, 0.4) is 0 Å². The molecule has 0 radical (unpaired) electrons. The summed E-state index contributed by atoms with van der Waals surface area (Å²) < 4.78 is 0. The minimum atomic E-state index is 0.0232. The number of ketones is 1. The molecule has 0 N–H and O–H groups in total. The van der Waals surface area contributed by atoms with Crippen LogP contribution in [0.15, 0.2) is 35.5 Å². The van der Waals surface area contributed by atoms with Crippen molar-refractivity contribution in [2.24, 2.45) is 5.41 Å². The monoisotopic (exact) mass is 204 g/mol. The van der Waals surface area contributed by atoms with E-state index in [1.807, 2.05) is 19.9 Å². The number of rotatable bonds is 3. The molecule has 0 amide bonds. The van der Waals surface area contributed by atoms with Crippen molar-refractivity contribution in [1.82, 2.24) is 0 Å². The maximum absolute atomic E-state index is 12.0. The third-order valence-electron chi connectivity index (χ3n) is 3.28. The molecule has 1 nitrogen and oxygen atoms in total. The lowest BCUT2D eigenvalue weighted by atomic mass is 9.70. The minimum Gasteiger partial charge on any atom is -0.290 e. The normalized spacial score (nSPS) is 26.4. The Hall–Kier alpha value is -1.11. The molecule has 0 aromatic rings. The van der Waals surface area contributed by atoms with Crippen molar-refractivity contribution in [2.75, 3.05) is 0 Å². The van der Waals surface area contributed by atoms with E-state index in [0.29, 0.717) is 0 Å². The minimum absolute atomic E-state index is 0.0232. The van der Waals surface area contributed by atoms with E-state index in [-0.39, 0.29) is 11.2 Å². The van der Waals surface area contributed by atoms with Gasteiger partial charge in [0, 0.05) is 5.57 Å². The molecule has 15 heavy (non-hydrogen) atoms. The Balaban J connectivity index is 3.17. The number of carbonyl (C=O) groups is 1. The SMILES string of the molecule is CC=CC(=O)C1=C(C)C=CCC1(C)CC. The van der Waals surface area contributed by atoms with Gasteiger partial charge in [-0.15, -0.1) is 0 Å². The predicted molar refractivity (Wildman–Crippen MR) is 64.7 cm³/mol. The van der Waals surface area contributed by atoms with Crippen molar-refractivity contribution < 1.29 is 4.79 Å². The Kier molecular flexibility index (Phi) is 3.67. The Morgan fingerprint density at radius 2 is 2.27 bits per heavy atom. The molecule has 0 heterocycles. The first kappa shape index (κ1) is 12.0.